The van der Waals surface area contributed by atoms with Crippen molar-refractivity contribution in [3.05, 3.63) is 30.1 Å². The molecule has 1 N–H and O–H groups in total. The topological polar surface area (TPSA) is 48.5 Å². The number of carbonyl (C=O) groups is 1. The molecular formula is C20H32N4O. The SMILES string of the molecule is CN1CCC(CNC(=O)N(Cc2ccncc2)C2CCCCC2)CC1. The van der Waals surface area contributed by atoms with Crippen LogP contribution in [0.4, 0.5) is 4.79 Å². The maximum atomic E-state index is 12.9. The van der Waals surface area contributed by atoms with Crippen LogP contribution in [0.25, 0.3) is 0 Å². The van der Waals surface area contributed by atoms with Crippen LogP contribution in [-0.4, -0.2) is 53.5 Å². The first-order valence-electron chi connectivity index (χ1n) is 9.84. The monoisotopic (exact) mass is 344 g/mol. The number of nitrogens with one attached hydrogen (secondary N) is 1. The molecule has 1 saturated carbocycles. The van der Waals surface area contributed by atoms with Gasteiger partial charge in [0.2, 0.25) is 0 Å². The van der Waals surface area contributed by atoms with Gasteiger partial charge in [0.05, 0.1) is 0 Å². The van der Waals surface area contributed by atoms with E-state index in [0.717, 1.165) is 38.0 Å². The molecule has 1 saturated heterocycles. The first-order valence-corrected chi connectivity index (χ1v) is 9.84. The molecule has 138 valence electrons. The first kappa shape index (κ1) is 18.2. The van der Waals surface area contributed by atoms with Crippen molar-refractivity contribution in [3.8, 4) is 0 Å². The Labute approximate surface area is 151 Å². The lowest BCUT2D eigenvalue weighted by Gasteiger charge is -2.35. The lowest BCUT2D eigenvalue weighted by Crippen LogP contribution is -2.48. The van der Waals surface area contributed by atoms with Crippen LogP contribution in [-0.2, 0) is 6.54 Å². The van der Waals surface area contributed by atoms with Gasteiger partial charge in [0.1, 0.15) is 0 Å². The van der Waals surface area contributed by atoms with Crippen molar-refractivity contribution in [1.29, 1.82) is 0 Å². The Balaban J connectivity index is 1.58. The molecule has 5 heteroatoms. The molecule has 0 spiro atoms. The summed E-state index contributed by atoms with van der Waals surface area (Å²) < 4.78 is 0. The fraction of sp³-hybridized carbons (Fsp3) is 0.700. The molecule has 1 aliphatic carbocycles. The number of carbonyl (C=O) groups excluding carboxylic acids is 1. The highest BCUT2D eigenvalue weighted by Crippen LogP contribution is 2.24. The third kappa shape index (κ3) is 5.43. The van der Waals surface area contributed by atoms with Crippen LogP contribution in [0.5, 0.6) is 0 Å². The van der Waals surface area contributed by atoms with Gasteiger partial charge in [0.15, 0.2) is 0 Å². The molecule has 2 aliphatic rings. The summed E-state index contributed by atoms with van der Waals surface area (Å²) >= 11 is 0. The zero-order valence-corrected chi connectivity index (χ0v) is 15.5. The number of amides is 2. The first-order chi connectivity index (χ1) is 12.2. The van der Waals surface area contributed by atoms with Crippen LogP contribution >= 0.6 is 0 Å². The van der Waals surface area contributed by atoms with Crippen LogP contribution in [0.3, 0.4) is 0 Å². The van der Waals surface area contributed by atoms with Gasteiger partial charge in [0, 0.05) is 31.5 Å². The second kappa shape index (κ2) is 9.18. The predicted octanol–water partition coefficient (Wildman–Crippen LogP) is 3.27. The molecule has 1 aromatic rings. The number of pyridine rings is 1. The number of urea groups is 1. The Morgan fingerprint density at radius 1 is 1.16 bits per heavy atom. The fourth-order valence-electron chi connectivity index (χ4n) is 4.04. The van der Waals surface area contributed by atoms with Crippen LogP contribution in [0.1, 0.15) is 50.5 Å². The summed E-state index contributed by atoms with van der Waals surface area (Å²) in [6.07, 6.45) is 12.0. The van der Waals surface area contributed by atoms with Gasteiger partial charge >= 0.3 is 6.03 Å². The van der Waals surface area contributed by atoms with E-state index in [1.54, 1.807) is 0 Å². The Bertz CT molecular complexity index is 522. The molecule has 0 unspecified atom stereocenters. The van der Waals surface area contributed by atoms with Gasteiger partial charge in [-0.1, -0.05) is 19.3 Å². The van der Waals surface area contributed by atoms with Gasteiger partial charge in [-0.15, -0.1) is 0 Å². The summed E-state index contributed by atoms with van der Waals surface area (Å²) in [5.74, 6) is 0.620. The second-order valence-electron chi connectivity index (χ2n) is 7.71. The fourth-order valence-corrected chi connectivity index (χ4v) is 4.04. The van der Waals surface area contributed by atoms with E-state index in [4.69, 9.17) is 0 Å². The highest BCUT2D eigenvalue weighted by Gasteiger charge is 2.26. The molecule has 3 rings (SSSR count). The molecule has 5 nitrogen and oxygen atoms in total. The van der Waals surface area contributed by atoms with Crippen molar-refractivity contribution in [2.75, 3.05) is 26.7 Å². The van der Waals surface area contributed by atoms with Crippen LogP contribution in [0.2, 0.25) is 0 Å². The normalized spacial score (nSPS) is 20.4. The molecule has 0 bridgehead atoms. The van der Waals surface area contributed by atoms with E-state index in [0.29, 0.717) is 18.5 Å². The van der Waals surface area contributed by atoms with E-state index < -0.39 is 0 Å². The zero-order valence-electron chi connectivity index (χ0n) is 15.5. The van der Waals surface area contributed by atoms with Crippen molar-refractivity contribution in [2.45, 2.75) is 57.5 Å². The quantitative estimate of drug-likeness (QED) is 0.892. The lowest BCUT2D eigenvalue weighted by atomic mass is 9.94. The van der Waals surface area contributed by atoms with Crippen molar-refractivity contribution < 1.29 is 4.79 Å². The average molecular weight is 345 g/mol. The zero-order chi connectivity index (χ0) is 17.5. The van der Waals surface area contributed by atoms with Crippen molar-refractivity contribution >= 4 is 6.03 Å². The number of rotatable bonds is 5. The van der Waals surface area contributed by atoms with Crippen molar-refractivity contribution in [2.24, 2.45) is 5.92 Å². The average Bonchev–Trinajstić information content (AvgIpc) is 2.67. The summed E-state index contributed by atoms with van der Waals surface area (Å²) in [7, 11) is 2.17. The second-order valence-corrected chi connectivity index (χ2v) is 7.71. The Kier molecular flexibility index (Phi) is 6.68. The largest absolute Gasteiger partial charge is 0.338 e. The van der Waals surface area contributed by atoms with Gasteiger partial charge in [-0.25, -0.2) is 4.79 Å². The highest BCUT2D eigenvalue weighted by molar-refractivity contribution is 5.74. The maximum Gasteiger partial charge on any atom is 0.317 e. The van der Waals surface area contributed by atoms with E-state index in [2.05, 4.69) is 27.1 Å². The number of likely N-dealkylation sites (tertiary alicyclic amines) is 1. The van der Waals surface area contributed by atoms with Crippen LogP contribution < -0.4 is 5.32 Å². The summed E-state index contributed by atoms with van der Waals surface area (Å²) in [6, 6.07) is 4.52. The number of piperidine rings is 1. The molecule has 1 aromatic heterocycles. The molecule has 1 aliphatic heterocycles. The van der Waals surface area contributed by atoms with E-state index >= 15 is 0 Å². The minimum Gasteiger partial charge on any atom is -0.338 e. The number of aromatic nitrogens is 1. The van der Waals surface area contributed by atoms with Crippen LogP contribution in [0.15, 0.2) is 24.5 Å². The van der Waals surface area contributed by atoms with E-state index in [9.17, 15) is 4.79 Å². The van der Waals surface area contributed by atoms with E-state index in [1.807, 2.05) is 24.5 Å². The van der Waals surface area contributed by atoms with Crippen molar-refractivity contribution in [3.63, 3.8) is 0 Å². The van der Waals surface area contributed by atoms with Crippen LogP contribution in [0, 0.1) is 5.92 Å². The Morgan fingerprint density at radius 3 is 2.52 bits per heavy atom. The van der Waals surface area contributed by atoms with Gasteiger partial charge in [-0.3, -0.25) is 4.98 Å². The third-order valence-corrected chi connectivity index (χ3v) is 5.76. The Hall–Kier alpha value is -1.62. The number of hydrogen-bond donors (Lipinski definition) is 1. The molecular weight excluding hydrogens is 312 g/mol. The molecule has 2 heterocycles. The minimum absolute atomic E-state index is 0.114. The summed E-state index contributed by atoms with van der Waals surface area (Å²) in [5.41, 5.74) is 1.16. The molecule has 2 amide bonds. The lowest BCUT2D eigenvalue weighted by molar-refractivity contribution is 0.146. The molecule has 0 radical (unpaired) electrons. The summed E-state index contributed by atoms with van der Waals surface area (Å²) in [4.78, 5) is 21.5. The molecule has 25 heavy (non-hydrogen) atoms. The highest BCUT2D eigenvalue weighted by atomic mass is 16.2. The molecule has 0 aromatic carbocycles. The minimum atomic E-state index is 0.114. The Morgan fingerprint density at radius 2 is 1.84 bits per heavy atom. The van der Waals surface area contributed by atoms with Gasteiger partial charge in [-0.2, -0.15) is 0 Å². The summed E-state index contributed by atoms with van der Waals surface area (Å²) in [6.45, 7) is 3.78. The van der Waals surface area contributed by atoms with Gasteiger partial charge < -0.3 is 15.1 Å². The number of nitrogens with zero attached hydrogens (tertiary/aromatic N) is 3. The third-order valence-electron chi connectivity index (χ3n) is 5.76. The molecule has 0 atom stereocenters. The number of hydrogen-bond acceptors (Lipinski definition) is 3. The predicted molar refractivity (Wildman–Crippen MR) is 100 cm³/mol. The summed E-state index contributed by atoms with van der Waals surface area (Å²) in [5, 5.41) is 3.24. The maximum absolute atomic E-state index is 12.9. The smallest absolute Gasteiger partial charge is 0.317 e. The van der Waals surface area contributed by atoms with Gasteiger partial charge in [-0.05, 0) is 69.4 Å². The molecule has 2 fully saturated rings. The standard InChI is InChI=1S/C20H32N4O/c1-23-13-9-17(10-14-23)15-22-20(25)24(19-5-3-2-4-6-19)16-18-7-11-21-12-8-18/h7-8,11-12,17,19H,2-6,9-10,13-16H2,1H3,(H,22,25). The van der Waals surface area contributed by atoms with Gasteiger partial charge in [0.25, 0.3) is 0 Å². The van der Waals surface area contributed by atoms with Crippen molar-refractivity contribution in [1.82, 2.24) is 20.1 Å². The van der Waals surface area contributed by atoms with E-state index in [-0.39, 0.29) is 6.03 Å². The van der Waals surface area contributed by atoms with E-state index in [1.165, 1.54) is 32.1 Å².